The molecule has 1 aromatic rings. The number of halogens is 2. The Hall–Kier alpha value is -1.30. The molecule has 1 fully saturated rings. The summed E-state index contributed by atoms with van der Waals surface area (Å²) in [5, 5.41) is -0.471. The number of carbonyl (C=O) groups is 1. The van der Waals surface area contributed by atoms with Crippen molar-refractivity contribution in [1.82, 2.24) is 0 Å². The Morgan fingerprint density at radius 2 is 1.79 bits per heavy atom. The monoisotopic (exact) mass is 288 g/mol. The molecule has 2 rings (SSSR count). The summed E-state index contributed by atoms with van der Waals surface area (Å²) >= 11 is 0. The quantitative estimate of drug-likeness (QED) is 0.800. The lowest BCUT2D eigenvalue weighted by Gasteiger charge is -2.10. The lowest BCUT2D eigenvalue weighted by molar-refractivity contribution is 0.102. The van der Waals surface area contributed by atoms with E-state index in [1.54, 1.807) is 0 Å². The largest absolute Gasteiger partial charge is 0.293 e. The van der Waals surface area contributed by atoms with Gasteiger partial charge in [-0.25, -0.2) is 17.2 Å². The molecular weight excluding hydrogens is 274 g/mol. The van der Waals surface area contributed by atoms with Gasteiger partial charge in [0.1, 0.15) is 5.75 Å². The second-order valence-corrected chi connectivity index (χ2v) is 7.05. The summed E-state index contributed by atoms with van der Waals surface area (Å²) in [6.45, 7) is 0. The predicted octanol–water partition coefficient (Wildman–Crippen LogP) is 2.50. The van der Waals surface area contributed by atoms with Gasteiger partial charge in [-0.05, 0) is 31.0 Å². The van der Waals surface area contributed by atoms with Crippen LogP contribution in [0.1, 0.15) is 36.0 Å². The summed E-state index contributed by atoms with van der Waals surface area (Å²) in [6.07, 6.45) is 2.85. The second-order valence-electron chi connectivity index (χ2n) is 4.77. The third kappa shape index (κ3) is 3.18. The lowest BCUT2D eigenvalue weighted by atomic mass is 10.1. The number of ketones is 1. The summed E-state index contributed by atoms with van der Waals surface area (Å²) in [5.41, 5.74) is -0.111. The third-order valence-corrected chi connectivity index (χ3v) is 5.54. The molecule has 3 nitrogen and oxygen atoms in total. The van der Waals surface area contributed by atoms with Gasteiger partial charge in [0.05, 0.1) is 5.25 Å². The molecule has 0 heterocycles. The van der Waals surface area contributed by atoms with Crippen LogP contribution in [0.2, 0.25) is 0 Å². The van der Waals surface area contributed by atoms with E-state index in [9.17, 15) is 22.0 Å². The Balaban J connectivity index is 2.14. The molecule has 0 aromatic heterocycles. The minimum atomic E-state index is -3.50. The van der Waals surface area contributed by atoms with Crippen molar-refractivity contribution < 1.29 is 22.0 Å². The Kier molecular flexibility index (Phi) is 3.99. The molecular formula is C13H14F2O3S. The van der Waals surface area contributed by atoms with Crippen LogP contribution < -0.4 is 0 Å². The van der Waals surface area contributed by atoms with E-state index < -0.39 is 38.3 Å². The van der Waals surface area contributed by atoms with Gasteiger partial charge in [0.2, 0.25) is 0 Å². The molecule has 1 aliphatic carbocycles. The zero-order valence-electron chi connectivity index (χ0n) is 10.2. The first kappa shape index (κ1) is 14.1. The zero-order chi connectivity index (χ0) is 14.0. The second kappa shape index (κ2) is 5.36. The molecule has 0 saturated heterocycles. The van der Waals surface area contributed by atoms with E-state index >= 15 is 0 Å². The first-order valence-corrected chi connectivity index (χ1v) is 7.81. The number of sulfone groups is 1. The first-order valence-electron chi connectivity index (χ1n) is 6.10. The Morgan fingerprint density at radius 1 is 1.16 bits per heavy atom. The SMILES string of the molecule is O=C(CS(=O)(=O)C1CCCC1)c1ccc(F)c(F)c1. The van der Waals surface area contributed by atoms with Crippen LogP contribution in [0, 0.1) is 11.6 Å². The summed E-state index contributed by atoms with van der Waals surface area (Å²) in [6, 6.07) is 2.66. The number of hydrogen-bond donors (Lipinski definition) is 0. The van der Waals surface area contributed by atoms with Crippen LogP contribution in [0.25, 0.3) is 0 Å². The fourth-order valence-electron chi connectivity index (χ4n) is 2.30. The molecule has 6 heteroatoms. The number of hydrogen-bond acceptors (Lipinski definition) is 3. The maximum atomic E-state index is 13.0. The first-order chi connectivity index (χ1) is 8.90. The molecule has 0 spiro atoms. The number of Topliss-reactive ketones (excluding diaryl/α,β-unsaturated/α-hetero) is 1. The van der Waals surface area contributed by atoms with Crippen molar-refractivity contribution in [2.24, 2.45) is 0 Å². The van der Waals surface area contributed by atoms with Crippen molar-refractivity contribution in [2.45, 2.75) is 30.9 Å². The van der Waals surface area contributed by atoms with E-state index in [0.29, 0.717) is 12.8 Å². The van der Waals surface area contributed by atoms with Gasteiger partial charge in [-0.1, -0.05) is 12.8 Å². The molecule has 0 amide bonds. The molecule has 1 aromatic carbocycles. The molecule has 0 atom stereocenters. The Labute approximate surface area is 110 Å². The van der Waals surface area contributed by atoms with Gasteiger partial charge in [-0.2, -0.15) is 0 Å². The maximum absolute atomic E-state index is 13.0. The van der Waals surface area contributed by atoms with E-state index in [1.807, 2.05) is 0 Å². The van der Waals surface area contributed by atoms with E-state index in [2.05, 4.69) is 0 Å². The van der Waals surface area contributed by atoms with Crippen molar-refractivity contribution in [3.8, 4) is 0 Å². The Morgan fingerprint density at radius 3 is 2.37 bits per heavy atom. The van der Waals surface area contributed by atoms with Crippen LogP contribution in [0.5, 0.6) is 0 Å². The van der Waals surface area contributed by atoms with Crippen LogP contribution in [-0.2, 0) is 9.84 Å². The van der Waals surface area contributed by atoms with Gasteiger partial charge in [0.15, 0.2) is 27.3 Å². The highest BCUT2D eigenvalue weighted by Crippen LogP contribution is 2.25. The van der Waals surface area contributed by atoms with Crippen LogP contribution in [0.4, 0.5) is 8.78 Å². The van der Waals surface area contributed by atoms with Gasteiger partial charge in [-0.15, -0.1) is 0 Å². The molecule has 0 bridgehead atoms. The van der Waals surface area contributed by atoms with Crippen molar-refractivity contribution in [3.63, 3.8) is 0 Å². The van der Waals surface area contributed by atoms with Crippen molar-refractivity contribution in [2.75, 3.05) is 5.75 Å². The minimum absolute atomic E-state index is 0.111. The van der Waals surface area contributed by atoms with Gasteiger partial charge < -0.3 is 0 Å². The fourth-order valence-corrected chi connectivity index (χ4v) is 4.12. The molecule has 1 aliphatic rings. The van der Waals surface area contributed by atoms with Crippen LogP contribution in [0.15, 0.2) is 18.2 Å². The molecule has 0 unspecified atom stereocenters. The summed E-state index contributed by atoms with van der Waals surface area (Å²) < 4.78 is 49.7. The average molecular weight is 288 g/mol. The maximum Gasteiger partial charge on any atom is 0.177 e. The smallest absolute Gasteiger partial charge is 0.177 e. The number of rotatable bonds is 4. The molecule has 0 aliphatic heterocycles. The molecule has 19 heavy (non-hydrogen) atoms. The third-order valence-electron chi connectivity index (χ3n) is 3.38. The lowest BCUT2D eigenvalue weighted by Crippen LogP contribution is -2.26. The van der Waals surface area contributed by atoms with Crippen LogP contribution in [0.3, 0.4) is 0 Å². The van der Waals surface area contributed by atoms with Gasteiger partial charge in [0.25, 0.3) is 0 Å². The molecule has 1 saturated carbocycles. The zero-order valence-corrected chi connectivity index (χ0v) is 11.1. The highest BCUT2D eigenvalue weighted by molar-refractivity contribution is 7.92. The summed E-state index contributed by atoms with van der Waals surface area (Å²) in [5.74, 6) is -3.53. The van der Waals surface area contributed by atoms with E-state index in [0.717, 1.165) is 31.0 Å². The predicted molar refractivity (Wildman–Crippen MR) is 66.7 cm³/mol. The van der Waals surface area contributed by atoms with E-state index in [-0.39, 0.29) is 5.56 Å². The average Bonchev–Trinajstić information content (AvgIpc) is 2.86. The normalized spacial score (nSPS) is 16.7. The van der Waals surface area contributed by atoms with Crippen molar-refractivity contribution in [3.05, 3.63) is 35.4 Å². The molecule has 0 N–H and O–H groups in total. The number of benzene rings is 1. The van der Waals surface area contributed by atoms with Gasteiger partial charge >= 0.3 is 0 Å². The van der Waals surface area contributed by atoms with E-state index in [1.165, 1.54) is 0 Å². The fraction of sp³-hybridized carbons (Fsp3) is 0.462. The number of carbonyl (C=O) groups excluding carboxylic acids is 1. The highest BCUT2D eigenvalue weighted by Gasteiger charge is 2.31. The topological polar surface area (TPSA) is 51.2 Å². The minimum Gasteiger partial charge on any atom is -0.293 e. The molecule has 104 valence electrons. The van der Waals surface area contributed by atoms with Gasteiger partial charge in [0, 0.05) is 5.56 Å². The highest BCUT2D eigenvalue weighted by atomic mass is 32.2. The van der Waals surface area contributed by atoms with Crippen LogP contribution >= 0.6 is 0 Å². The summed E-state index contributed by atoms with van der Waals surface area (Å²) in [4.78, 5) is 11.8. The van der Waals surface area contributed by atoms with Crippen LogP contribution in [-0.4, -0.2) is 25.2 Å². The molecule has 0 radical (unpaired) electrons. The van der Waals surface area contributed by atoms with E-state index in [4.69, 9.17) is 0 Å². The standard InChI is InChI=1S/C13H14F2O3S/c14-11-6-5-9(7-12(11)15)13(16)8-19(17,18)10-3-1-2-4-10/h5-7,10H,1-4,8H2. The van der Waals surface area contributed by atoms with Gasteiger partial charge in [-0.3, -0.25) is 4.79 Å². The Bertz CT molecular complexity index is 590. The summed E-state index contributed by atoms with van der Waals surface area (Å²) in [7, 11) is -3.50. The van der Waals surface area contributed by atoms with Crippen molar-refractivity contribution in [1.29, 1.82) is 0 Å². The van der Waals surface area contributed by atoms with Crippen molar-refractivity contribution >= 4 is 15.6 Å².